The highest BCUT2D eigenvalue weighted by Gasteiger charge is 2.03. The number of H-pyrrole nitrogens is 1. The highest BCUT2D eigenvalue weighted by Crippen LogP contribution is 2.10. The van der Waals surface area contributed by atoms with Crippen molar-refractivity contribution in [3.63, 3.8) is 0 Å². The van der Waals surface area contributed by atoms with Gasteiger partial charge in [-0.15, -0.1) is 0 Å². The molecule has 1 aromatic heterocycles. The molecule has 0 aliphatic heterocycles. The lowest BCUT2D eigenvalue weighted by Gasteiger charge is -1.80. The maximum atomic E-state index is 11.9. The number of rotatable bonds is 0. The number of anilines is 1. The van der Waals surface area contributed by atoms with Gasteiger partial charge < -0.3 is 10.7 Å². The SMILES string of the molecule is Nc1c(F)c[nH]c1F. The predicted molar refractivity (Wildman–Crippen MR) is 25.1 cm³/mol. The number of nitrogens with two attached hydrogens (primary N) is 1. The third kappa shape index (κ3) is 0.538. The number of halogens is 2. The average molecular weight is 118 g/mol. The highest BCUT2D eigenvalue weighted by atomic mass is 19.1. The normalized spacial score (nSPS) is 9.75. The molecule has 2 nitrogen and oxygen atoms in total. The second kappa shape index (κ2) is 1.47. The van der Waals surface area contributed by atoms with Crippen LogP contribution in [0.5, 0.6) is 0 Å². The first-order valence-electron chi connectivity index (χ1n) is 1.99. The van der Waals surface area contributed by atoms with Crippen LogP contribution in [0.2, 0.25) is 0 Å². The summed E-state index contributed by atoms with van der Waals surface area (Å²) >= 11 is 0. The molecule has 1 rings (SSSR count). The minimum atomic E-state index is -0.817. The van der Waals surface area contributed by atoms with Gasteiger partial charge in [0, 0.05) is 6.20 Å². The summed E-state index contributed by atoms with van der Waals surface area (Å²) in [6.07, 6.45) is 0.866. The molecule has 0 saturated heterocycles. The van der Waals surface area contributed by atoms with Crippen LogP contribution in [0, 0.1) is 11.8 Å². The van der Waals surface area contributed by atoms with E-state index in [4.69, 9.17) is 5.73 Å². The van der Waals surface area contributed by atoms with Crippen molar-refractivity contribution in [2.24, 2.45) is 0 Å². The van der Waals surface area contributed by atoms with Gasteiger partial charge in [0.1, 0.15) is 5.69 Å². The maximum absolute atomic E-state index is 11.9. The molecule has 0 fully saturated rings. The predicted octanol–water partition coefficient (Wildman–Crippen LogP) is 0.875. The molecule has 0 radical (unpaired) electrons. The Morgan fingerprint density at radius 1 is 1.50 bits per heavy atom. The van der Waals surface area contributed by atoms with Gasteiger partial charge in [0.25, 0.3) is 0 Å². The van der Waals surface area contributed by atoms with Crippen LogP contribution in [0.1, 0.15) is 0 Å². The first kappa shape index (κ1) is 5.08. The molecule has 1 heterocycles. The molecule has 0 amide bonds. The molecule has 44 valence electrons. The van der Waals surface area contributed by atoms with E-state index in [9.17, 15) is 8.78 Å². The van der Waals surface area contributed by atoms with E-state index in [-0.39, 0.29) is 0 Å². The van der Waals surface area contributed by atoms with E-state index in [1.54, 1.807) is 0 Å². The van der Waals surface area contributed by atoms with E-state index in [2.05, 4.69) is 0 Å². The fourth-order valence-electron chi connectivity index (χ4n) is 0.387. The van der Waals surface area contributed by atoms with Gasteiger partial charge in [-0.2, -0.15) is 4.39 Å². The Morgan fingerprint density at radius 3 is 2.25 bits per heavy atom. The highest BCUT2D eigenvalue weighted by molar-refractivity contribution is 5.37. The Kier molecular flexibility index (Phi) is 0.932. The second-order valence-corrected chi connectivity index (χ2v) is 1.36. The van der Waals surface area contributed by atoms with Gasteiger partial charge in [-0.3, -0.25) is 0 Å². The van der Waals surface area contributed by atoms with Crippen molar-refractivity contribution in [2.45, 2.75) is 0 Å². The zero-order chi connectivity index (χ0) is 6.15. The molecule has 0 spiro atoms. The number of aromatic nitrogens is 1. The van der Waals surface area contributed by atoms with Crippen molar-refractivity contribution in [2.75, 3.05) is 5.73 Å². The molecule has 0 aliphatic carbocycles. The standard InChI is InChI=1S/C4H4F2N2/c5-2-1-8-4(6)3(2)7/h1,8H,7H2. The van der Waals surface area contributed by atoms with Gasteiger partial charge in [0.05, 0.1) is 0 Å². The third-order valence-electron chi connectivity index (χ3n) is 0.819. The molecule has 3 N–H and O–H groups in total. The summed E-state index contributed by atoms with van der Waals surface area (Å²) in [4.78, 5) is 1.97. The maximum Gasteiger partial charge on any atom is 0.217 e. The average Bonchev–Trinajstić information content (AvgIpc) is 1.98. The van der Waals surface area contributed by atoms with Crippen LogP contribution in [0.15, 0.2) is 6.20 Å². The molecular formula is C4H4F2N2. The molecule has 0 aliphatic rings. The van der Waals surface area contributed by atoms with Crippen LogP contribution in [0.4, 0.5) is 14.5 Å². The van der Waals surface area contributed by atoms with Crippen LogP contribution in [-0.2, 0) is 0 Å². The molecule has 4 heteroatoms. The van der Waals surface area contributed by atoms with Crippen LogP contribution < -0.4 is 5.73 Å². The zero-order valence-electron chi connectivity index (χ0n) is 3.91. The largest absolute Gasteiger partial charge is 0.393 e. The minimum absolute atomic E-state index is 0.454. The van der Waals surface area contributed by atoms with E-state index in [0.717, 1.165) is 6.20 Å². The lowest BCUT2D eigenvalue weighted by Crippen LogP contribution is -1.87. The summed E-state index contributed by atoms with van der Waals surface area (Å²) in [6.45, 7) is 0. The van der Waals surface area contributed by atoms with Gasteiger partial charge in [-0.05, 0) is 0 Å². The van der Waals surface area contributed by atoms with E-state index >= 15 is 0 Å². The number of hydrogen-bond donors (Lipinski definition) is 2. The fraction of sp³-hybridized carbons (Fsp3) is 0. The van der Waals surface area contributed by atoms with Crippen molar-refractivity contribution in [1.82, 2.24) is 4.98 Å². The molecule has 0 aromatic carbocycles. The van der Waals surface area contributed by atoms with E-state index < -0.39 is 17.5 Å². The summed E-state index contributed by atoms with van der Waals surface area (Å²) in [5, 5.41) is 0. The molecule has 0 saturated carbocycles. The van der Waals surface area contributed by atoms with Crippen LogP contribution in [0.3, 0.4) is 0 Å². The molecule has 0 unspecified atom stereocenters. The van der Waals surface area contributed by atoms with E-state index in [1.165, 1.54) is 0 Å². The van der Waals surface area contributed by atoms with Crippen molar-refractivity contribution in [1.29, 1.82) is 0 Å². The molecule has 0 atom stereocenters. The minimum Gasteiger partial charge on any atom is -0.393 e. The summed E-state index contributed by atoms with van der Waals surface area (Å²) in [6, 6.07) is 0. The fourth-order valence-corrected chi connectivity index (χ4v) is 0.387. The van der Waals surface area contributed by atoms with Crippen molar-refractivity contribution in [3.8, 4) is 0 Å². The number of hydrogen-bond acceptors (Lipinski definition) is 1. The quantitative estimate of drug-likeness (QED) is 0.521. The monoisotopic (exact) mass is 118 g/mol. The zero-order valence-corrected chi connectivity index (χ0v) is 3.91. The van der Waals surface area contributed by atoms with Crippen molar-refractivity contribution < 1.29 is 8.78 Å². The van der Waals surface area contributed by atoms with Crippen LogP contribution in [0.25, 0.3) is 0 Å². The number of nitrogen functional groups attached to an aromatic ring is 1. The Morgan fingerprint density at radius 2 is 2.12 bits per heavy atom. The van der Waals surface area contributed by atoms with Gasteiger partial charge in [0.15, 0.2) is 5.82 Å². The van der Waals surface area contributed by atoms with Gasteiger partial charge in [-0.25, -0.2) is 4.39 Å². The van der Waals surface area contributed by atoms with Gasteiger partial charge in [-0.1, -0.05) is 0 Å². The Bertz CT molecular complexity index is 174. The van der Waals surface area contributed by atoms with Crippen LogP contribution in [-0.4, -0.2) is 4.98 Å². The Balaban J connectivity index is 3.19. The van der Waals surface area contributed by atoms with Gasteiger partial charge >= 0.3 is 0 Å². The summed E-state index contributed by atoms with van der Waals surface area (Å²) in [5.41, 5.74) is 4.37. The van der Waals surface area contributed by atoms with Crippen molar-refractivity contribution >= 4 is 5.69 Å². The summed E-state index contributed by atoms with van der Waals surface area (Å²) < 4.78 is 23.9. The topological polar surface area (TPSA) is 41.8 Å². The van der Waals surface area contributed by atoms with Gasteiger partial charge in [0.2, 0.25) is 5.95 Å². The molecule has 1 aromatic rings. The molecule has 8 heavy (non-hydrogen) atoms. The number of nitrogens with one attached hydrogen (secondary N) is 1. The number of aromatic amines is 1. The molecule has 0 bridgehead atoms. The Labute approximate surface area is 44.3 Å². The lowest BCUT2D eigenvalue weighted by molar-refractivity contribution is 0.592. The third-order valence-corrected chi connectivity index (χ3v) is 0.819. The van der Waals surface area contributed by atoms with Crippen LogP contribution >= 0.6 is 0 Å². The molecular weight excluding hydrogens is 114 g/mol. The van der Waals surface area contributed by atoms with E-state index in [1.807, 2.05) is 4.98 Å². The lowest BCUT2D eigenvalue weighted by atomic mass is 10.5. The smallest absolute Gasteiger partial charge is 0.217 e. The first-order valence-corrected chi connectivity index (χ1v) is 1.99. The summed E-state index contributed by atoms with van der Waals surface area (Å²) in [7, 11) is 0. The summed E-state index contributed by atoms with van der Waals surface area (Å²) in [5.74, 6) is -1.56. The second-order valence-electron chi connectivity index (χ2n) is 1.36. The van der Waals surface area contributed by atoms with Crippen molar-refractivity contribution in [3.05, 3.63) is 18.0 Å². The Hall–Kier alpha value is -1.06. The first-order chi connectivity index (χ1) is 3.72. The van der Waals surface area contributed by atoms with E-state index in [0.29, 0.717) is 0 Å².